The molecule has 2 aromatic rings. The number of nitrogens with one attached hydrogen (secondary N) is 1. The first-order valence-electron chi connectivity index (χ1n) is 5.96. The highest BCUT2D eigenvalue weighted by Gasteiger charge is 2.01. The zero-order chi connectivity index (χ0) is 12.1. The summed E-state index contributed by atoms with van der Waals surface area (Å²) in [4.78, 5) is 0. The van der Waals surface area contributed by atoms with Gasteiger partial charge in [-0.05, 0) is 24.0 Å². The van der Waals surface area contributed by atoms with Crippen LogP contribution in [0, 0.1) is 0 Å². The number of aryl methyl sites for hydroxylation is 2. The molecule has 0 aliphatic rings. The molecule has 2 rings (SSSR count). The summed E-state index contributed by atoms with van der Waals surface area (Å²) in [6, 6.07) is 8.67. The molecule has 0 unspecified atom stereocenters. The smallest absolute Gasteiger partial charge is 0.205 e. The second kappa shape index (κ2) is 5.77. The van der Waals surface area contributed by atoms with Crippen LogP contribution in [0.5, 0.6) is 0 Å². The molecule has 0 spiro atoms. The van der Waals surface area contributed by atoms with Crippen LogP contribution in [-0.4, -0.2) is 10.2 Å². The van der Waals surface area contributed by atoms with Gasteiger partial charge in [0.1, 0.15) is 5.01 Å². The molecular formula is C13H17N3S. The fourth-order valence-corrected chi connectivity index (χ4v) is 2.21. The fourth-order valence-electron chi connectivity index (χ4n) is 1.54. The van der Waals surface area contributed by atoms with E-state index in [1.54, 1.807) is 11.3 Å². The van der Waals surface area contributed by atoms with Gasteiger partial charge in [0.15, 0.2) is 0 Å². The van der Waals surface area contributed by atoms with Crippen LogP contribution in [0.25, 0.3) is 0 Å². The first-order valence-corrected chi connectivity index (χ1v) is 6.77. The summed E-state index contributed by atoms with van der Waals surface area (Å²) in [6.45, 7) is 5.07. The van der Waals surface area contributed by atoms with Crippen LogP contribution in [-0.2, 0) is 19.4 Å². The average molecular weight is 247 g/mol. The van der Waals surface area contributed by atoms with E-state index in [2.05, 4.69) is 53.6 Å². The summed E-state index contributed by atoms with van der Waals surface area (Å²) in [5, 5.41) is 13.5. The third kappa shape index (κ3) is 3.27. The maximum Gasteiger partial charge on any atom is 0.205 e. The van der Waals surface area contributed by atoms with Crippen molar-refractivity contribution in [3.63, 3.8) is 0 Å². The molecule has 1 aromatic carbocycles. The lowest BCUT2D eigenvalue weighted by Gasteiger charge is -2.03. The molecule has 0 saturated carbocycles. The Morgan fingerprint density at radius 3 is 2.29 bits per heavy atom. The van der Waals surface area contributed by atoms with Gasteiger partial charge < -0.3 is 5.32 Å². The second-order valence-electron chi connectivity index (χ2n) is 3.88. The zero-order valence-corrected chi connectivity index (χ0v) is 11.0. The summed E-state index contributed by atoms with van der Waals surface area (Å²) < 4.78 is 0. The quantitative estimate of drug-likeness (QED) is 0.881. The predicted molar refractivity (Wildman–Crippen MR) is 72.4 cm³/mol. The topological polar surface area (TPSA) is 37.8 Å². The molecule has 1 heterocycles. The molecule has 0 atom stereocenters. The molecule has 0 fully saturated rings. The predicted octanol–water partition coefficient (Wildman–Crippen LogP) is 3.28. The molecule has 90 valence electrons. The van der Waals surface area contributed by atoms with Gasteiger partial charge in [-0.2, -0.15) is 0 Å². The fraction of sp³-hybridized carbons (Fsp3) is 0.385. The number of aromatic nitrogens is 2. The van der Waals surface area contributed by atoms with Crippen molar-refractivity contribution in [1.29, 1.82) is 0 Å². The maximum absolute atomic E-state index is 4.09. The van der Waals surface area contributed by atoms with Gasteiger partial charge in [0, 0.05) is 6.54 Å². The first-order chi connectivity index (χ1) is 8.31. The largest absolute Gasteiger partial charge is 0.356 e. The van der Waals surface area contributed by atoms with Gasteiger partial charge >= 0.3 is 0 Å². The summed E-state index contributed by atoms with van der Waals surface area (Å²) in [5.41, 5.74) is 2.65. The highest BCUT2D eigenvalue weighted by atomic mass is 32.1. The third-order valence-electron chi connectivity index (χ3n) is 2.64. The van der Waals surface area contributed by atoms with Crippen molar-refractivity contribution < 1.29 is 0 Å². The molecule has 0 radical (unpaired) electrons. The summed E-state index contributed by atoms with van der Waals surface area (Å²) in [6.07, 6.45) is 2.04. The Bertz CT molecular complexity index is 462. The lowest BCUT2D eigenvalue weighted by atomic mass is 10.1. The SMILES string of the molecule is CCc1ccc(CNc2nnc(CC)s2)cc1. The van der Waals surface area contributed by atoms with E-state index in [0.29, 0.717) is 0 Å². The van der Waals surface area contributed by atoms with E-state index in [1.165, 1.54) is 11.1 Å². The van der Waals surface area contributed by atoms with Crippen LogP contribution < -0.4 is 5.32 Å². The average Bonchev–Trinajstić information content (AvgIpc) is 2.85. The first kappa shape index (κ1) is 12.0. The summed E-state index contributed by atoms with van der Waals surface area (Å²) in [5.74, 6) is 0. The van der Waals surface area contributed by atoms with Gasteiger partial charge in [0.2, 0.25) is 5.13 Å². The van der Waals surface area contributed by atoms with Gasteiger partial charge in [-0.25, -0.2) is 0 Å². The summed E-state index contributed by atoms with van der Waals surface area (Å²) >= 11 is 1.63. The third-order valence-corrected chi connectivity index (χ3v) is 3.67. The molecule has 0 amide bonds. The highest BCUT2D eigenvalue weighted by molar-refractivity contribution is 7.15. The number of nitrogens with zero attached hydrogens (tertiary/aromatic N) is 2. The van der Waals surface area contributed by atoms with E-state index >= 15 is 0 Å². The van der Waals surface area contributed by atoms with Gasteiger partial charge in [-0.1, -0.05) is 49.4 Å². The Morgan fingerprint density at radius 1 is 1.00 bits per heavy atom. The number of rotatable bonds is 5. The second-order valence-corrected chi connectivity index (χ2v) is 4.94. The Hall–Kier alpha value is -1.42. The van der Waals surface area contributed by atoms with Crippen LogP contribution in [0.2, 0.25) is 0 Å². The lowest BCUT2D eigenvalue weighted by molar-refractivity contribution is 0.975. The van der Waals surface area contributed by atoms with Crippen LogP contribution >= 0.6 is 11.3 Å². The van der Waals surface area contributed by atoms with Crippen molar-refractivity contribution >= 4 is 16.5 Å². The molecule has 0 aliphatic heterocycles. The van der Waals surface area contributed by atoms with E-state index in [0.717, 1.165) is 29.5 Å². The minimum Gasteiger partial charge on any atom is -0.356 e. The lowest BCUT2D eigenvalue weighted by Crippen LogP contribution is -1.98. The van der Waals surface area contributed by atoms with E-state index < -0.39 is 0 Å². The monoisotopic (exact) mass is 247 g/mol. The van der Waals surface area contributed by atoms with Crippen LogP contribution in [0.3, 0.4) is 0 Å². The van der Waals surface area contributed by atoms with Gasteiger partial charge in [-0.3, -0.25) is 0 Å². The normalized spacial score (nSPS) is 10.5. The van der Waals surface area contributed by atoms with Crippen molar-refractivity contribution in [2.75, 3.05) is 5.32 Å². The van der Waals surface area contributed by atoms with Crippen molar-refractivity contribution in [2.45, 2.75) is 33.2 Å². The molecular weight excluding hydrogens is 230 g/mol. The highest BCUT2D eigenvalue weighted by Crippen LogP contribution is 2.16. The molecule has 0 bridgehead atoms. The van der Waals surface area contributed by atoms with E-state index in [1.807, 2.05) is 0 Å². The van der Waals surface area contributed by atoms with Crippen molar-refractivity contribution in [1.82, 2.24) is 10.2 Å². The zero-order valence-electron chi connectivity index (χ0n) is 10.2. The Labute approximate surface area is 106 Å². The van der Waals surface area contributed by atoms with E-state index in [4.69, 9.17) is 0 Å². The molecule has 0 saturated heterocycles. The molecule has 1 aromatic heterocycles. The van der Waals surface area contributed by atoms with E-state index in [-0.39, 0.29) is 0 Å². The Balaban J connectivity index is 1.92. The standard InChI is InChI=1S/C13H17N3S/c1-3-10-5-7-11(8-6-10)9-14-13-16-15-12(4-2)17-13/h5-8H,3-4,9H2,1-2H3,(H,14,16). The molecule has 1 N–H and O–H groups in total. The van der Waals surface area contributed by atoms with Crippen LogP contribution in [0.4, 0.5) is 5.13 Å². The van der Waals surface area contributed by atoms with E-state index in [9.17, 15) is 0 Å². The minimum absolute atomic E-state index is 0.808. The Kier molecular flexibility index (Phi) is 4.09. The molecule has 17 heavy (non-hydrogen) atoms. The molecule has 4 heteroatoms. The van der Waals surface area contributed by atoms with Crippen LogP contribution in [0.15, 0.2) is 24.3 Å². The molecule has 3 nitrogen and oxygen atoms in total. The number of anilines is 1. The van der Waals surface area contributed by atoms with Gasteiger partial charge in [-0.15, -0.1) is 10.2 Å². The molecule has 0 aliphatic carbocycles. The number of hydrogen-bond acceptors (Lipinski definition) is 4. The Morgan fingerprint density at radius 2 is 1.71 bits per heavy atom. The van der Waals surface area contributed by atoms with Crippen molar-refractivity contribution in [2.24, 2.45) is 0 Å². The number of benzene rings is 1. The van der Waals surface area contributed by atoms with Crippen molar-refractivity contribution in [3.8, 4) is 0 Å². The maximum atomic E-state index is 4.09. The summed E-state index contributed by atoms with van der Waals surface area (Å²) in [7, 11) is 0. The minimum atomic E-state index is 0.808. The van der Waals surface area contributed by atoms with Crippen molar-refractivity contribution in [3.05, 3.63) is 40.4 Å². The van der Waals surface area contributed by atoms with Crippen LogP contribution in [0.1, 0.15) is 30.0 Å². The van der Waals surface area contributed by atoms with Gasteiger partial charge in [0.05, 0.1) is 0 Å². The number of hydrogen-bond donors (Lipinski definition) is 1. The van der Waals surface area contributed by atoms with Gasteiger partial charge in [0.25, 0.3) is 0 Å².